The Morgan fingerprint density at radius 1 is 1.29 bits per heavy atom. The molecule has 0 radical (unpaired) electrons. The van der Waals surface area contributed by atoms with Gasteiger partial charge in [-0.25, -0.2) is 4.98 Å². The monoisotopic (exact) mass is 418 g/mol. The number of aromatic nitrogens is 3. The topological polar surface area (TPSA) is 90.1 Å². The van der Waals surface area contributed by atoms with Gasteiger partial charge in [0.2, 0.25) is 11.8 Å². The van der Waals surface area contributed by atoms with Crippen LogP contribution >= 0.6 is 23.1 Å². The van der Waals surface area contributed by atoms with Crippen molar-refractivity contribution in [2.75, 3.05) is 18.2 Å². The number of thioether (sulfide) groups is 1. The first kappa shape index (κ1) is 20.3. The fourth-order valence-corrected chi connectivity index (χ4v) is 3.89. The zero-order valence-corrected chi connectivity index (χ0v) is 17.7. The van der Waals surface area contributed by atoms with Crippen LogP contribution in [0.5, 0.6) is 5.75 Å². The number of anilines is 1. The Kier molecular flexibility index (Phi) is 7.05. The summed E-state index contributed by atoms with van der Waals surface area (Å²) in [4.78, 5) is 17.1. The van der Waals surface area contributed by atoms with Crippen molar-refractivity contribution in [1.29, 1.82) is 0 Å². The second-order valence-corrected chi connectivity index (χ2v) is 8.39. The molecule has 0 aliphatic carbocycles. The fraction of sp³-hybridized carbons (Fsp3) is 0.368. The number of ether oxygens (including phenoxy) is 1. The molecule has 9 heteroatoms. The van der Waals surface area contributed by atoms with Gasteiger partial charge in [-0.1, -0.05) is 23.9 Å². The van der Waals surface area contributed by atoms with Crippen molar-refractivity contribution >= 4 is 34.1 Å². The third-order valence-corrected chi connectivity index (χ3v) is 5.60. The minimum atomic E-state index is -0.144. The molecule has 0 fully saturated rings. The van der Waals surface area contributed by atoms with Gasteiger partial charge < -0.3 is 14.5 Å². The predicted molar refractivity (Wildman–Crippen MR) is 110 cm³/mol. The third kappa shape index (κ3) is 5.80. The molecule has 0 aliphatic heterocycles. The summed E-state index contributed by atoms with van der Waals surface area (Å²) in [5.41, 5.74) is 2.38. The minimum absolute atomic E-state index is 0.144. The number of rotatable bonds is 9. The molecule has 0 bridgehead atoms. The molecule has 148 valence electrons. The Balaban J connectivity index is 1.41. The molecule has 1 amide bonds. The second kappa shape index (κ2) is 9.70. The Labute approximate surface area is 171 Å². The number of benzene rings is 1. The maximum atomic E-state index is 11.9. The van der Waals surface area contributed by atoms with E-state index in [2.05, 4.69) is 32.6 Å². The minimum Gasteiger partial charge on any atom is -0.496 e. The average Bonchev–Trinajstić information content (AvgIpc) is 3.29. The number of nitrogens with zero attached hydrogens (tertiary/aromatic N) is 3. The zero-order chi connectivity index (χ0) is 19.9. The number of hydrogen-bond acceptors (Lipinski definition) is 8. The molecule has 0 atom stereocenters. The molecule has 0 spiro atoms. The lowest BCUT2D eigenvalue weighted by molar-refractivity contribution is -0.113. The van der Waals surface area contributed by atoms with Gasteiger partial charge in [0.25, 0.3) is 5.22 Å². The summed E-state index contributed by atoms with van der Waals surface area (Å²) < 4.78 is 10.9. The number of carbonyl (C=O) groups is 1. The van der Waals surface area contributed by atoms with Crippen molar-refractivity contribution in [3.8, 4) is 5.75 Å². The van der Waals surface area contributed by atoms with E-state index in [0.717, 1.165) is 29.0 Å². The van der Waals surface area contributed by atoms with E-state index in [0.29, 0.717) is 22.7 Å². The number of amides is 1. The van der Waals surface area contributed by atoms with E-state index in [1.807, 2.05) is 19.9 Å². The summed E-state index contributed by atoms with van der Waals surface area (Å²) in [5, 5.41) is 11.8. The highest BCUT2D eigenvalue weighted by molar-refractivity contribution is 7.99. The molecule has 0 unspecified atom stereocenters. The Bertz CT molecular complexity index is 939. The first-order valence-corrected chi connectivity index (χ1v) is 10.6. The van der Waals surface area contributed by atoms with Gasteiger partial charge in [-0.15, -0.1) is 21.5 Å². The van der Waals surface area contributed by atoms with Crippen LogP contribution in [0.25, 0.3) is 0 Å². The van der Waals surface area contributed by atoms with E-state index in [1.54, 1.807) is 13.3 Å². The SMILES string of the molecule is COc1ccc(CCCc2nnc(SCC(=O)Nc3ncc(C)s3)o2)cc1C. The molecule has 0 saturated carbocycles. The van der Waals surface area contributed by atoms with Gasteiger partial charge >= 0.3 is 0 Å². The fourth-order valence-electron chi connectivity index (χ4n) is 2.63. The Morgan fingerprint density at radius 3 is 2.86 bits per heavy atom. The van der Waals surface area contributed by atoms with Gasteiger partial charge in [-0.2, -0.15) is 0 Å². The first-order chi connectivity index (χ1) is 13.5. The molecule has 1 N–H and O–H groups in total. The summed E-state index contributed by atoms with van der Waals surface area (Å²) >= 11 is 2.66. The zero-order valence-electron chi connectivity index (χ0n) is 16.0. The summed E-state index contributed by atoms with van der Waals surface area (Å²) in [6.45, 7) is 3.98. The normalized spacial score (nSPS) is 10.8. The van der Waals surface area contributed by atoms with Crippen LogP contribution in [0.15, 0.2) is 34.0 Å². The molecule has 7 nitrogen and oxygen atoms in total. The van der Waals surface area contributed by atoms with Crippen LogP contribution in [0.4, 0.5) is 5.13 Å². The second-order valence-electron chi connectivity index (χ2n) is 6.23. The highest BCUT2D eigenvalue weighted by Crippen LogP contribution is 2.21. The van der Waals surface area contributed by atoms with Gasteiger partial charge in [0.1, 0.15) is 5.75 Å². The van der Waals surface area contributed by atoms with Gasteiger partial charge in [0.15, 0.2) is 5.13 Å². The molecular weight excluding hydrogens is 396 g/mol. The lowest BCUT2D eigenvalue weighted by Gasteiger charge is -2.06. The maximum absolute atomic E-state index is 11.9. The quantitative estimate of drug-likeness (QED) is 0.524. The maximum Gasteiger partial charge on any atom is 0.277 e. The lowest BCUT2D eigenvalue weighted by Crippen LogP contribution is -2.13. The van der Waals surface area contributed by atoms with Crippen molar-refractivity contribution in [2.45, 2.75) is 38.3 Å². The van der Waals surface area contributed by atoms with Crippen LogP contribution in [0.2, 0.25) is 0 Å². The van der Waals surface area contributed by atoms with Gasteiger partial charge in [0, 0.05) is 17.5 Å². The average molecular weight is 419 g/mol. The Morgan fingerprint density at radius 2 is 2.14 bits per heavy atom. The van der Waals surface area contributed by atoms with Gasteiger partial charge in [0.05, 0.1) is 12.9 Å². The van der Waals surface area contributed by atoms with Crippen molar-refractivity contribution in [1.82, 2.24) is 15.2 Å². The van der Waals surface area contributed by atoms with Crippen molar-refractivity contribution < 1.29 is 13.9 Å². The van der Waals surface area contributed by atoms with Crippen LogP contribution in [0.1, 0.15) is 28.3 Å². The van der Waals surface area contributed by atoms with Crippen LogP contribution in [-0.4, -0.2) is 34.0 Å². The van der Waals surface area contributed by atoms with E-state index in [9.17, 15) is 4.79 Å². The molecule has 3 rings (SSSR count). The van der Waals surface area contributed by atoms with E-state index < -0.39 is 0 Å². The molecule has 0 aliphatic rings. The van der Waals surface area contributed by atoms with Crippen LogP contribution in [0, 0.1) is 13.8 Å². The van der Waals surface area contributed by atoms with E-state index in [1.165, 1.54) is 28.7 Å². The molecule has 2 aromatic heterocycles. The smallest absolute Gasteiger partial charge is 0.277 e. The molecule has 3 aromatic rings. The van der Waals surface area contributed by atoms with Crippen molar-refractivity contribution in [3.05, 3.63) is 46.3 Å². The van der Waals surface area contributed by atoms with E-state index >= 15 is 0 Å². The number of nitrogens with one attached hydrogen (secondary N) is 1. The van der Waals surface area contributed by atoms with Crippen LogP contribution in [-0.2, 0) is 17.6 Å². The van der Waals surface area contributed by atoms with Gasteiger partial charge in [-0.05, 0) is 43.9 Å². The lowest BCUT2D eigenvalue weighted by atomic mass is 10.1. The number of aryl methyl sites for hydroxylation is 4. The predicted octanol–water partition coefficient (Wildman–Crippen LogP) is 4.06. The number of carbonyl (C=O) groups excluding carboxylic acids is 1. The number of thiazole rings is 1. The first-order valence-electron chi connectivity index (χ1n) is 8.84. The van der Waals surface area contributed by atoms with Gasteiger partial charge in [-0.3, -0.25) is 4.79 Å². The summed E-state index contributed by atoms with van der Waals surface area (Å²) in [6.07, 6.45) is 4.25. The summed E-state index contributed by atoms with van der Waals surface area (Å²) in [7, 11) is 1.68. The van der Waals surface area contributed by atoms with Crippen molar-refractivity contribution in [2.24, 2.45) is 0 Å². The number of hydrogen-bond donors (Lipinski definition) is 1. The molecular formula is C19H22N4O3S2. The number of methoxy groups -OCH3 is 1. The molecule has 1 aromatic carbocycles. The molecule has 28 heavy (non-hydrogen) atoms. The van der Waals surface area contributed by atoms with E-state index in [-0.39, 0.29) is 11.7 Å². The van der Waals surface area contributed by atoms with Crippen LogP contribution < -0.4 is 10.1 Å². The highest BCUT2D eigenvalue weighted by atomic mass is 32.2. The highest BCUT2D eigenvalue weighted by Gasteiger charge is 2.11. The standard InChI is InChI=1S/C19H22N4O3S2/c1-12-9-14(7-8-15(12)25-3)5-4-6-17-22-23-19(26-17)27-11-16(24)21-18-20-10-13(2)28-18/h7-10H,4-6,11H2,1-3H3,(H,20,21,24). The molecule has 0 saturated heterocycles. The van der Waals surface area contributed by atoms with Crippen molar-refractivity contribution in [3.63, 3.8) is 0 Å². The van der Waals surface area contributed by atoms with E-state index in [4.69, 9.17) is 9.15 Å². The third-order valence-electron chi connectivity index (χ3n) is 3.96. The summed E-state index contributed by atoms with van der Waals surface area (Å²) in [5.74, 6) is 1.54. The Hall–Kier alpha value is -2.39. The largest absolute Gasteiger partial charge is 0.496 e. The molecule has 2 heterocycles. The summed E-state index contributed by atoms with van der Waals surface area (Å²) in [6, 6.07) is 6.20. The van der Waals surface area contributed by atoms with Crippen LogP contribution in [0.3, 0.4) is 0 Å².